The molecule has 122 valence electrons. The van der Waals surface area contributed by atoms with Crippen LogP contribution in [0.5, 0.6) is 5.75 Å². The number of thiophene rings is 1. The lowest BCUT2D eigenvalue weighted by molar-refractivity contribution is -0.135. The highest BCUT2D eigenvalue weighted by Crippen LogP contribution is 2.32. The molecule has 1 amide bonds. The molecule has 2 heterocycles. The summed E-state index contributed by atoms with van der Waals surface area (Å²) >= 11 is 1.78. The van der Waals surface area contributed by atoms with E-state index in [2.05, 4.69) is 30.5 Å². The minimum Gasteiger partial charge on any atom is -0.484 e. The van der Waals surface area contributed by atoms with Gasteiger partial charge in [0.05, 0.1) is 6.04 Å². The molecule has 0 fully saturated rings. The summed E-state index contributed by atoms with van der Waals surface area (Å²) in [5.74, 6) is 0.787. The van der Waals surface area contributed by atoms with E-state index in [-0.39, 0.29) is 18.6 Å². The van der Waals surface area contributed by atoms with Crippen LogP contribution in [0, 0.1) is 0 Å². The molecule has 1 aliphatic rings. The predicted octanol–water partition coefficient (Wildman–Crippen LogP) is 4.43. The second kappa shape index (κ2) is 6.29. The first kappa shape index (κ1) is 15.2. The molecule has 0 saturated heterocycles. The third kappa shape index (κ3) is 2.78. The summed E-state index contributed by atoms with van der Waals surface area (Å²) in [6.07, 6.45) is 0.944. The lowest BCUT2D eigenvalue weighted by Crippen LogP contribution is -2.40. The van der Waals surface area contributed by atoms with Gasteiger partial charge in [0, 0.05) is 11.4 Å². The Balaban J connectivity index is 1.44. The van der Waals surface area contributed by atoms with E-state index in [1.54, 1.807) is 11.3 Å². The number of rotatable bonds is 3. The number of carbonyl (C=O) groups excluding carboxylic acids is 1. The summed E-state index contributed by atoms with van der Waals surface area (Å²) < 4.78 is 5.76. The van der Waals surface area contributed by atoms with Gasteiger partial charge in [-0.2, -0.15) is 0 Å². The number of ether oxygens (including phenoxy) is 1. The van der Waals surface area contributed by atoms with Gasteiger partial charge in [-0.15, -0.1) is 11.3 Å². The molecular weight excluding hydrogens is 318 g/mol. The molecule has 1 atom stereocenters. The standard InChI is InChI=1S/C20H19NO2S/c1-14-18-9-11-24-19(18)8-10-21(14)20(22)13-23-17-7-6-15-4-2-3-5-16(15)12-17/h2-7,9,11-12,14H,8,10,13H2,1H3. The molecule has 3 nitrogen and oxygen atoms in total. The summed E-state index contributed by atoms with van der Waals surface area (Å²) in [7, 11) is 0. The summed E-state index contributed by atoms with van der Waals surface area (Å²) in [5.41, 5.74) is 1.28. The smallest absolute Gasteiger partial charge is 0.261 e. The summed E-state index contributed by atoms with van der Waals surface area (Å²) in [5, 5.41) is 4.41. The molecule has 3 aromatic rings. The van der Waals surface area contributed by atoms with Crippen LogP contribution in [0.4, 0.5) is 0 Å². The minimum absolute atomic E-state index is 0.0486. The van der Waals surface area contributed by atoms with Gasteiger partial charge in [0.1, 0.15) is 5.75 Å². The van der Waals surface area contributed by atoms with E-state index in [0.717, 1.165) is 24.1 Å². The van der Waals surface area contributed by atoms with Gasteiger partial charge in [-0.3, -0.25) is 4.79 Å². The van der Waals surface area contributed by atoms with Gasteiger partial charge >= 0.3 is 0 Å². The van der Waals surface area contributed by atoms with Crippen molar-refractivity contribution in [1.82, 2.24) is 4.90 Å². The van der Waals surface area contributed by atoms with E-state index >= 15 is 0 Å². The SMILES string of the molecule is CC1c2ccsc2CCN1C(=O)COc1ccc2ccccc2c1. The highest BCUT2D eigenvalue weighted by molar-refractivity contribution is 7.10. The lowest BCUT2D eigenvalue weighted by Gasteiger charge is -2.33. The highest BCUT2D eigenvalue weighted by Gasteiger charge is 2.28. The predicted molar refractivity (Wildman–Crippen MR) is 97.6 cm³/mol. The van der Waals surface area contributed by atoms with E-state index < -0.39 is 0 Å². The minimum atomic E-state index is 0.0486. The van der Waals surface area contributed by atoms with Gasteiger partial charge in [0.2, 0.25) is 0 Å². The Morgan fingerprint density at radius 3 is 2.92 bits per heavy atom. The van der Waals surface area contributed by atoms with Crippen molar-refractivity contribution in [3.05, 3.63) is 64.4 Å². The van der Waals surface area contributed by atoms with Crippen LogP contribution >= 0.6 is 11.3 Å². The van der Waals surface area contributed by atoms with E-state index in [9.17, 15) is 4.79 Å². The second-order valence-electron chi connectivity index (χ2n) is 6.11. The number of carbonyl (C=O) groups is 1. The molecule has 4 rings (SSSR count). The number of hydrogen-bond donors (Lipinski definition) is 0. The molecule has 0 aliphatic carbocycles. The molecule has 4 heteroatoms. The van der Waals surface area contributed by atoms with Crippen LogP contribution in [0.1, 0.15) is 23.4 Å². The fraction of sp³-hybridized carbons (Fsp3) is 0.250. The van der Waals surface area contributed by atoms with Crippen molar-refractivity contribution in [3.63, 3.8) is 0 Å². The molecule has 0 bridgehead atoms. The van der Waals surface area contributed by atoms with Crippen LogP contribution in [-0.2, 0) is 11.2 Å². The van der Waals surface area contributed by atoms with Crippen LogP contribution in [0.2, 0.25) is 0 Å². The summed E-state index contributed by atoms with van der Waals surface area (Å²) in [6.45, 7) is 2.95. The van der Waals surface area contributed by atoms with Crippen molar-refractivity contribution in [2.75, 3.05) is 13.2 Å². The molecular formula is C20H19NO2S. The zero-order valence-electron chi connectivity index (χ0n) is 13.6. The topological polar surface area (TPSA) is 29.5 Å². The van der Waals surface area contributed by atoms with Crippen molar-refractivity contribution in [1.29, 1.82) is 0 Å². The molecule has 0 spiro atoms. The Kier molecular flexibility index (Phi) is 3.98. The molecule has 0 N–H and O–H groups in total. The average Bonchev–Trinajstić information content (AvgIpc) is 3.09. The maximum atomic E-state index is 12.6. The molecule has 0 saturated carbocycles. The Labute approximate surface area is 145 Å². The zero-order chi connectivity index (χ0) is 16.5. The van der Waals surface area contributed by atoms with Crippen molar-refractivity contribution >= 4 is 28.0 Å². The molecule has 24 heavy (non-hydrogen) atoms. The van der Waals surface area contributed by atoms with Crippen molar-refractivity contribution in [2.24, 2.45) is 0 Å². The second-order valence-corrected chi connectivity index (χ2v) is 7.11. The first-order chi connectivity index (χ1) is 11.7. The van der Waals surface area contributed by atoms with Crippen LogP contribution in [0.25, 0.3) is 10.8 Å². The monoisotopic (exact) mass is 337 g/mol. The Morgan fingerprint density at radius 1 is 1.21 bits per heavy atom. The molecule has 1 unspecified atom stereocenters. The van der Waals surface area contributed by atoms with Crippen molar-refractivity contribution < 1.29 is 9.53 Å². The Bertz CT molecular complexity index is 886. The van der Waals surface area contributed by atoms with Gasteiger partial charge in [-0.05, 0) is 53.3 Å². The van der Waals surface area contributed by atoms with Gasteiger partial charge in [-0.1, -0.05) is 30.3 Å². The normalized spacial score (nSPS) is 16.9. The summed E-state index contributed by atoms with van der Waals surface area (Å²) in [4.78, 5) is 15.9. The largest absolute Gasteiger partial charge is 0.484 e. The van der Waals surface area contributed by atoms with Crippen LogP contribution in [0.15, 0.2) is 53.9 Å². The Morgan fingerprint density at radius 2 is 2.04 bits per heavy atom. The van der Waals surface area contributed by atoms with Crippen LogP contribution in [-0.4, -0.2) is 24.0 Å². The number of amides is 1. The highest BCUT2D eigenvalue weighted by atomic mass is 32.1. The van der Waals surface area contributed by atoms with Gasteiger partial charge < -0.3 is 9.64 Å². The van der Waals surface area contributed by atoms with Crippen LogP contribution in [0.3, 0.4) is 0 Å². The van der Waals surface area contributed by atoms with Crippen molar-refractivity contribution in [3.8, 4) is 5.75 Å². The first-order valence-electron chi connectivity index (χ1n) is 8.20. The number of fused-ring (bicyclic) bond motifs is 2. The van der Waals surface area contributed by atoms with Gasteiger partial charge in [-0.25, -0.2) is 0 Å². The third-order valence-corrected chi connectivity index (χ3v) is 5.68. The third-order valence-electron chi connectivity index (χ3n) is 4.68. The summed E-state index contributed by atoms with van der Waals surface area (Å²) in [6, 6.07) is 16.3. The molecule has 1 aliphatic heterocycles. The Hall–Kier alpha value is -2.33. The average molecular weight is 337 g/mol. The van der Waals surface area contributed by atoms with E-state index in [0.29, 0.717) is 0 Å². The van der Waals surface area contributed by atoms with Crippen molar-refractivity contribution in [2.45, 2.75) is 19.4 Å². The zero-order valence-corrected chi connectivity index (χ0v) is 14.4. The number of hydrogen-bond acceptors (Lipinski definition) is 3. The van der Waals surface area contributed by atoms with Crippen LogP contribution < -0.4 is 4.74 Å². The van der Waals surface area contributed by atoms with Gasteiger partial charge in [0.25, 0.3) is 5.91 Å². The van der Waals surface area contributed by atoms with E-state index in [1.807, 2.05) is 35.2 Å². The number of nitrogens with zero attached hydrogens (tertiary/aromatic N) is 1. The molecule has 0 radical (unpaired) electrons. The number of benzene rings is 2. The maximum Gasteiger partial charge on any atom is 0.261 e. The molecule has 2 aromatic carbocycles. The van der Waals surface area contributed by atoms with Gasteiger partial charge in [0.15, 0.2) is 6.61 Å². The fourth-order valence-electron chi connectivity index (χ4n) is 3.34. The van der Waals surface area contributed by atoms with E-state index in [1.165, 1.54) is 15.8 Å². The first-order valence-corrected chi connectivity index (χ1v) is 9.07. The van der Waals surface area contributed by atoms with E-state index in [4.69, 9.17) is 4.74 Å². The lowest BCUT2D eigenvalue weighted by atomic mass is 10.0. The molecule has 1 aromatic heterocycles. The maximum absolute atomic E-state index is 12.6. The fourth-order valence-corrected chi connectivity index (χ4v) is 4.30. The quantitative estimate of drug-likeness (QED) is 0.708.